The number of pyridine rings is 1. The van der Waals surface area contributed by atoms with Crippen molar-refractivity contribution < 1.29 is 44.2 Å². The van der Waals surface area contributed by atoms with E-state index in [9.17, 15) is 30.0 Å². The number of cyclic esters (lactones) is 1. The van der Waals surface area contributed by atoms with Gasteiger partial charge in [-0.15, -0.1) is 5.10 Å². The SMILES string of the molecule is C.CC[C@H]1OC(=O)C[C@@H](O)[C@H](C)[C@@H](O[C@@H]2O[C@H](C)[C@@H](O)C(N(C)C)C2O)[C@@H](CCNCc2cn(-c3cccc4cnccc34)nn2)C[C@@H](C)C(=O)/C=C/C(C)=C/[C@@H]1CO. The molecule has 0 aliphatic carbocycles. The molecule has 59 heavy (non-hydrogen) atoms. The summed E-state index contributed by atoms with van der Waals surface area (Å²) in [6, 6.07) is 7.14. The molecule has 1 fully saturated rings. The van der Waals surface area contributed by atoms with Crippen LogP contribution in [0.2, 0.25) is 0 Å². The highest BCUT2D eigenvalue weighted by atomic mass is 16.7. The highest BCUT2D eigenvalue weighted by molar-refractivity contribution is 5.92. The topological polar surface area (TPSA) is 202 Å². The van der Waals surface area contributed by atoms with Crippen LogP contribution in [-0.2, 0) is 30.3 Å². The summed E-state index contributed by atoms with van der Waals surface area (Å²) in [6.07, 6.45) is 4.53. The summed E-state index contributed by atoms with van der Waals surface area (Å²) in [4.78, 5) is 33.0. The molecule has 2 unspecified atom stereocenters. The molecule has 0 saturated carbocycles. The number of benzene rings is 1. The minimum absolute atomic E-state index is 0. The predicted molar refractivity (Wildman–Crippen MR) is 224 cm³/mol. The van der Waals surface area contributed by atoms with E-state index in [1.807, 2.05) is 51.2 Å². The van der Waals surface area contributed by atoms with Crippen molar-refractivity contribution in [3.63, 3.8) is 0 Å². The minimum Gasteiger partial charge on any atom is -0.462 e. The van der Waals surface area contributed by atoms with Crippen molar-refractivity contribution in [2.45, 2.75) is 123 Å². The van der Waals surface area contributed by atoms with E-state index in [-0.39, 0.29) is 32.2 Å². The Balaban J connectivity index is 0.00000769. The van der Waals surface area contributed by atoms with E-state index in [1.54, 1.807) is 62.1 Å². The van der Waals surface area contributed by atoms with E-state index in [4.69, 9.17) is 14.2 Å². The Bertz CT molecular complexity index is 1860. The van der Waals surface area contributed by atoms with Gasteiger partial charge in [0.25, 0.3) is 0 Å². The van der Waals surface area contributed by atoms with Crippen LogP contribution in [0.5, 0.6) is 0 Å². The molecule has 1 saturated heterocycles. The van der Waals surface area contributed by atoms with E-state index in [0.717, 1.165) is 22.0 Å². The zero-order valence-electron chi connectivity index (χ0n) is 34.7. The average Bonchev–Trinajstić information content (AvgIpc) is 3.68. The number of ketones is 1. The van der Waals surface area contributed by atoms with Crippen molar-refractivity contribution in [3.8, 4) is 5.69 Å². The molecule has 12 atom stereocenters. The molecule has 2 aromatic heterocycles. The van der Waals surface area contributed by atoms with Gasteiger partial charge in [0.2, 0.25) is 0 Å². The van der Waals surface area contributed by atoms with Crippen LogP contribution < -0.4 is 5.32 Å². The Hall–Kier alpha value is -3.93. The number of fused-ring (bicyclic) bond motifs is 1. The molecule has 15 nitrogen and oxygen atoms in total. The first-order valence-electron chi connectivity index (χ1n) is 20.4. The van der Waals surface area contributed by atoms with E-state index in [0.29, 0.717) is 38.0 Å². The van der Waals surface area contributed by atoms with Crippen LogP contribution in [0.1, 0.15) is 73.4 Å². The van der Waals surface area contributed by atoms with Gasteiger partial charge in [0.05, 0.1) is 61.1 Å². The molecular formula is C44H66N6O9. The van der Waals surface area contributed by atoms with Gasteiger partial charge in [-0.1, -0.05) is 63.3 Å². The number of nitrogens with one attached hydrogen (secondary N) is 1. The quantitative estimate of drug-likeness (QED) is 0.138. The fourth-order valence-corrected chi connectivity index (χ4v) is 8.16. The summed E-state index contributed by atoms with van der Waals surface area (Å²) in [6.45, 7) is 9.60. The first-order valence-corrected chi connectivity index (χ1v) is 20.4. The summed E-state index contributed by atoms with van der Waals surface area (Å²) in [7, 11) is 3.51. The summed E-state index contributed by atoms with van der Waals surface area (Å²) >= 11 is 0. The maximum atomic E-state index is 13.7. The van der Waals surface area contributed by atoms with E-state index in [1.165, 1.54) is 6.08 Å². The predicted octanol–water partition coefficient (Wildman–Crippen LogP) is 3.76. The van der Waals surface area contributed by atoms with Gasteiger partial charge in [-0.05, 0) is 77.9 Å². The fraction of sp³-hybridized carbons (Fsp3) is 0.614. The number of likely N-dealkylation sites (N-methyl/N-ethyl adjacent to an activating group) is 1. The van der Waals surface area contributed by atoms with E-state index < -0.39 is 72.7 Å². The molecule has 15 heteroatoms. The molecule has 1 aromatic carbocycles. The van der Waals surface area contributed by atoms with E-state index in [2.05, 4.69) is 20.6 Å². The molecule has 0 spiro atoms. The highest BCUT2D eigenvalue weighted by Crippen LogP contribution is 2.34. The summed E-state index contributed by atoms with van der Waals surface area (Å²) < 4.78 is 20.3. The van der Waals surface area contributed by atoms with Crippen molar-refractivity contribution in [1.82, 2.24) is 30.2 Å². The van der Waals surface area contributed by atoms with Gasteiger partial charge >= 0.3 is 5.97 Å². The minimum atomic E-state index is -1.26. The second-order valence-electron chi connectivity index (χ2n) is 16.2. The number of esters is 1. The molecule has 0 bridgehead atoms. The third kappa shape index (κ3) is 12.1. The lowest BCUT2D eigenvalue weighted by Crippen LogP contribution is -2.63. The molecular weight excluding hydrogens is 757 g/mol. The maximum absolute atomic E-state index is 13.7. The lowest BCUT2D eigenvalue weighted by atomic mass is 9.79. The number of carbonyl (C=O) groups excluding carboxylic acids is 2. The van der Waals surface area contributed by atoms with Gasteiger partial charge in [-0.2, -0.15) is 0 Å². The lowest BCUT2D eigenvalue weighted by Gasteiger charge is -2.46. The molecule has 326 valence electrons. The lowest BCUT2D eigenvalue weighted by molar-refractivity contribution is -0.304. The molecule has 5 rings (SSSR count). The van der Waals surface area contributed by atoms with Gasteiger partial charge in [-0.25, -0.2) is 4.68 Å². The summed E-state index contributed by atoms with van der Waals surface area (Å²) in [5.41, 5.74) is 2.33. The van der Waals surface area contributed by atoms with Crippen LogP contribution in [0.4, 0.5) is 0 Å². The number of aliphatic hydroxyl groups is 4. The third-order valence-corrected chi connectivity index (χ3v) is 11.6. The Labute approximate surface area is 348 Å². The molecule has 0 amide bonds. The van der Waals surface area contributed by atoms with Crippen molar-refractivity contribution in [3.05, 3.63) is 72.4 Å². The summed E-state index contributed by atoms with van der Waals surface area (Å²) in [5.74, 6) is -2.79. The number of nitrogens with zero attached hydrogens (tertiary/aromatic N) is 5. The average molecular weight is 823 g/mol. The Morgan fingerprint density at radius 2 is 1.83 bits per heavy atom. The second-order valence-corrected chi connectivity index (χ2v) is 16.2. The number of allylic oxidation sites excluding steroid dienone is 3. The van der Waals surface area contributed by atoms with Crippen LogP contribution in [0.15, 0.2) is 66.7 Å². The van der Waals surface area contributed by atoms with Crippen LogP contribution >= 0.6 is 0 Å². The monoisotopic (exact) mass is 822 g/mol. The van der Waals surface area contributed by atoms with Gasteiger partial charge in [0.1, 0.15) is 12.2 Å². The number of ether oxygens (including phenoxy) is 3. The number of rotatable bonds is 11. The number of aromatic nitrogens is 4. The van der Waals surface area contributed by atoms with Gasteiger partial charge in [-0.3, -0.25) is 14.6 Å². The van der Waals surface area contributed by atoms with Crippen molar-refractivity contribution >= 4 is 22.5 Å². The molecule has 2 aliphatic rings. The third-order valence-electron chi connectivity index (χ3n) is 11.6. The largest absolute Gasteiger partial charge is 0.462 e. The van der Waals surface area contributed by atoms with Crippen molar-refractivity contribution in [1.29, 1.82) is 0 Å². The number of aliphatic hydroxyl groups excluding tert-OH is 4. The van der Waals surface area contributed by atoms with Crippen LogP contribution in [0, 0.1) is 23.7 Å². The zero-order valence-corrected chi connectivity index (χ0v) is 34.7. The Morgan fingerprint density at radius 1 is 1.07 bits per heavy atom. The van der Waals surface area contributed by atoms with Crippen molar-refractivity contribution in [2.75, 3.05) is 27.2 Å². The van der Waals surface area contributed by atoms with Crippen molar-refractivity contribution in [2.24, 2.45) is 23.7 Å². The number of carbonyl (C=O) groups is 2. The van der Waals surface area contributed by atoms with Gasteiger partial charge < -0.3 is 44.9 Å². The first kappa shape index (κ1) is 47.7. The molecule has 4 heterocycles. The highest BCUT2D eigenvalue weighted by Gasteiger charge is 2.47. The van der Waals surface area contributed by atoms with Gasteiger partial charge in [0, 0.05) is 47.5 Å². The smallest absolute Gasteiger partial charge is 0.308 e. The second kappa shape index (κ2) is 22.1. The molecule has 3 aromatic rings. The van der Waals surface area contributed by atoms with E-state index >= 15 is 0 Å². The number of hydrogen-bond donors (Lipinski definition) is 5. The molecule has 2 aliphatic heterocycles. The Morgan fingerprint density at radius 3 is 2.54 bits per heavy atom. The maximum Gasteiger partial charge on any atom is 0.308 e. The normalized spacial score (nSPS) is 32.9. The molecule has 5 N–H and O–H groups in total. The summed E-state index contributed by atoms with van der Waals surface area (Å²) in [5, 5.41) is 58.5. The van der Waals surface area contributed by atoms with Crippen LogP contribution in [-0.4, -0.2) is 133 Å². The Kier molecular flexibility index (Phi) is 17.9. The first-order chi connectivity index (χ1) is 27.7. The number of hydrogen-bond acceptors (Lipinski definition) is 14. The standard InChI is InChI=1S/C43H62N6O9.CH4/c1-8-37-31(24-50)18-25(2)12-13-35(51)26(3)19-29(14-16-45-22-32-23-49(47-46-32)34-11-9-10-30-21-44-17-15-33(30)34)42(27(4)36(52)20-38(53)57-37)58-43-41(55)39(48(6)7)40(54)28(5)56-43;/h9-13,15,17-18,21,23,26-29,31,36-37,39-43,45,50,52,54-55H,8,14,16,19-20,22,24H2,1-7H3;1H4/b13-12+,25-18+;/t26-,27+,28-,29+,31-,36-,37-,39?,40-,41?,42-,43+;/m1./s1. The van der Waals surface area contributed by atoms with Crippen LogP contribution in [0.3, 0.4) is 0 Å². The molecule has 0 radical (unpaired) electrons. The van der Waals surface area contributed by atoms with Crippen LogP contribution in [0.25, 0.3) is 16.5 Å². The fourth-order valence-electron chi connectivity index (χ4n) is 8.16. The zero-order chi connectivity index (χ0) is 42.1. The van der Waals surface area contributed by atoms with Gasteiger partial charge in [0.15, 0.2) is 12.1 Å².